The summed E-state index contributed by atoms with van der Waals surface area (Å²) in [7, 11) is 0. The number of hydrogen-bond donors (Lipinski definition) is 3. The number of nitrogens with zero attached hydrogens (tertiary/aromatic N) is 4. The van der Waals surface area contributed by atoms with Gasteiger partial charge in [0.25, 0.3) is 0 Å². The van der Waals surface area contributed by atoms with Crippen LogP contribution < -0.4 is 16.0 Å². The Kier molecular flexibility index (Phi) is 6.89. The van der Waals surface area contributed by atoms with E-state index in [2.05, 4.69) is 20.9 Å². The van der Waals surface area contributed by atoms with Gasteiger partial charge in [0.05, 0.1) is 13.0 Å². The molecule has 0 bridgehead atoms. The van der Waals surface area contributed by atoms with Crippen LogP contribution in [0.15, 0.2) is 40.6 Å². The molecular weight excluding hydrogens is 392 g/mol. The number of imidazole rings is 1. The normalized spacial score (nSPS) is 10.6. The number of hydroxylamine groups is 1. The molecular formula is C19H20N6O3S. The fraction of sp³-hybridized carbons (Fsp3) is 0.263. The van der Waals surface area contributed by atoms with Gasteiger partial charge in [-0.25, -0.2) is 20.4 Å². The molecule has 0 radical (unpaired) electrons. The van der Waals surface area contributed by atoms with E-state index in [0.717, 1.165) is 16.5 Å². The van der Waals surface area contributed by atoms with Crippen molar-refractivity contribution in [2.75, 3.05) is 12.3 Å². The lowest BCUT2D eigenvalue weighted by Gasteiger charge is -2.09. The molecule has 0 fully saturated rings. The maximum Gasteiger partial charge on any atom is 0.246 e. The van der Waals surface area contributed by atoms with E-state index in [1.165, 1.54) is 18.1 Å². The van der Waals surface area contributed by atoms with E-state index < -0.39 is 5.91 Å². The number of hydrogen-bond acceptors (Lipinski definition) is 8. The van der Waals surface area contributed by atoms with Crippen LogP contribution in [0.2, 0.25) is 0 Å². The molecule has 0 aliphatic heterocycles. The van der Waals surface area contributed by atoms with Gasteiger partial charge in [-0.1, -0.05) is 17.8 Å². The number of anilines is 1. The number of benzene rings is 1. The molecule has 1 amide bonds. The fourth-order valence-electron chi connectivity index (χ4n) is 2.60. The Bertz CT molecular complexity index is 1050. The summed E-state index contributed by atoms with van der Waals surface area (Å²) in [6.07, 6.45) is 8.28. The van der Waals surface area contributed by atoms with E-state index >= 15 is 0 Å². The monoisotopic (exact) mass is 412 g/mol. The van der Waals surface area contributed by atoms with Crippen LogP contribution in [-0.4, -0.2) is 37.2 Å². The van der Waals surface area contributed by atoms with Gasteiger partial charge in [0.2, 0.25) is 5.91 Å². The van der Waals surface area contributed by atoms with Crippen LogP contribution in [0.3, 0.4) is 0 Å². The average Bonchev–Trinajstić information content (AvgIpc) is 3.07. The molecule has 3 aromatic rings. The first kappa shape index (κ1) is 20.4. The summed E-state index contributed by atoms with van der Waals surface area (Å²) >= 11 is 1.44. The summed E-state index contributed by atoms with van der Waals surface area (Å²) in [6.45, 7) is 0.809. The van der Waals surface area contributed by atoms with E-state index in [1.54, 1.807) is 11.5 Å². The Labute approximate surface area is 171 Å². The molecule has 0 aliphatic carbocycles. The van der Waals surface area contributed by atoms with E-state index in [9.17, 15) is 4.79 Å². The Morgan fingerprint density at radius 2 is 2.28 bits per heavy atom. The van der Waals surface area contributed by atoms with Crippen molar-refractivity contribution < 1.29 is 14.7 Å². The van der Waals surface area contributed by atoms with Crippen molar-refractivity contribution in [3.05, 3.63) is 30.6 Å². The van der Waals surface area contributed by atoms with Gasteiger partial charge in [0.1, 0.15) is 12.1 Å². The highest BCUT2D eigenvalue weighted by atomic mass is 32.2. The van der Waals surface area contributed by atoms with Gasteiger partial charge in [-0.05, 0) is 24.6 Å². The fourth-order valence-corrected chi connectivity index (χ4v) is 3.56. The second kappa shape index (κ2) is 9.77. The Morgan fingerprint density at radius 3 is 3.07 bits per heavy atom. The summed E-state index contributed by atoms with van der Waals surface area (Å²) in [5.41, 5.74) is 8.75. The standard InChI is InChI=1S/C19H20N6O3S/c1-2-3-4-9-25-18-16(17(20)21-12-22-18)23-19(25)29-14-7-5-6-13(11-14)28-10-8-15(26)24-27/h1,5-7,11-12,27H,3-4,8-10H2,(H,24,26)(H2,20,21,22). The molecule has 150 valence electrons. The second-order valence-corrected chi connectivity index (χ2v) is 7.04. The van der Waals surface area contributed by atoms with E-state index in [-0.39, 0.29) is 13.0 Å². The molecule has 1 aromatic carbocycles. The molecule has 0 saturated heterocycles. The average molecular weight is 412 g/mol. The quantitative estimate of drug-likeness (QED) is 0.211. The van der Waals surface area contributed by atoms with E-state index in [1.807, 2.05) is 22.8 Å². The highest BCUT2D eigenvalue weighted by Gasteiger charge is 2.16. The predicted octanol–water partition coefficient (Wildman–Crippen LogP) is 2.25. The topological polar surface area (TPSA) is 128 Å². The van der Waals surface area contributed by atoms with Gasteiger partial charge in [-0.2, -0.15) is 0 Å². The number of terminal acetylenes is 1. The van der Waals surface area contributed by atoms with Crippen molar-refractivity contribution in [1.29, 1.82) is 0 Å². The molecule has 3 rings (SSSR count). The number of nitrogen functional groups attached to an aromatic ring is 1. The highest BCUT2D eigenvalue weighted by Crippen LogP contribution is 2.32. The van der Waals surface area contributed by atoms with Crippen LogP contribution in [0.25, 0.3) is 11.2 Å². The smallest absolute Gasteiger partial charge is 0.246 e. The number of nitrogens with one attached hydrogen (secondary N) is 1. The number of nitrogens with two attached hydrogens (primary N) is 1. The number of fused-ring (bicyclic) bond motifs is 1. The minimum Gasteiger partial charge on any atom is -0.493 e. The van der Waals surface area contributed by atoms with Crippen LogP contribution >= 0.6 is 11.8 Å². The largest absolute Gasteiger partial charge is 0.493 e. The number of carbonyl (C=O) groups is 1. The zero-order valence-corrected chi connectivity index (χ0v) is 16.4. The van der Waals surface area contributed by atoms with E-state index in [0.29, 0.717) is 35.7 Å². The predicted molar refractivity (Wildman–Crippen MR) is 108 cm³/mol. The summed E-state index contributed by atoms with van der Waals surface area (Å²) in [5.74, 6) is 3.07. The van der Waals surface area contributed by atoms with Gasteiger partial charge < -0.3 is 15.0 Å². The number of rotatable bonds is 9. The highest BCUT2D eigenvalue weighted by molar-refractivity contribution is 7.99. The van der Waals surface area contributed by atoms with Crippen molar-refractivity contribution in [3.8, 4) is 18.1 Å². The molecule has 0 saturated carbocycles. The first-order valence-corrected chi connectivity index (χ1v) is 9.68. The number of ether oxygens (including phenoxy) is 1. The minimum absolute atomic E-state index is 0.0524. The summed E-state index contributed by atoms with van der Waals surface area (Å²) in [4.78, 5) is 24.9. The van der Waals surface area contributed by atoms with Crippen molar-refractivity contribution in [2.45, 2.75) is 35.9 Å². The Morgan fingerprint density at radius 1 is 1.41 bits per heavy atom. The lowest BCUT2D eigenvalue weighted by Crippen LogP contribution is -2.20. The first-order chi connectivity index (χ1) is 14.1. The third-order valence-electron chi connectivity index (χ3n) is 3.97. The Hall–Kier alpha value is -3.29. The number of unbranched alkanes of at least 4 members (excludes halogenated alkanes) is 1. The zero-order chi connectivity index (χ0) is 20.6. The van der Waals surface area contributed by atoms with Crippen molar-refractivity contribution in [3.63, 3.8) is 0 Å². The zero-order valence-electron chi connectivity index (χ0n) is 15.5. The summed E-state index contributed by atoms with van der Waals surface area (Å²) in [5, 5.41) is 9.25. The summed E-state index contributed by atoms with van der Waals surface area (Å²) < 4.78 is 7.55. The molecule has 10 heteroatoms. The molecule has 2 aromatic heterocycles. The molecule has 0 aliphatic rings. The van der Waals surface area contributed by atoms with Gasteiger partial charge in [0.15, 0.2) is 22.1 Å². The van der Waals surface area contributed by atoms with E-state index in [4.69, 9.17) is 22.1 Å². The van der Waals surface area contributed by atoms with Crippen LogP contribution in [-0.2, 0) is 11.3 Å². The number of aromatic nitrogens is 4. The van der Waals surface area contributed by atoms with Crippen LogP contribution in [0.1, 0.15) is 19.3 Å². The van der Waals surface area contributed by atoms with Gasteiger partial charge in [0, 0.05) is 17.9 Å². The minimum atomic E-state index is -0.505. The van der Waals surface area contributed by atoms with Crippen LogP contribution in [0.4, 0.5) is 5.82 Å². The molecule has 0 atom stereocenters. The number of amides is 1. The van der Waals surface area contributed by atoms with Crippen LogP contribution in [0, 0.1) is 12.3 Å². The number of carbonyl (C=O) groups excluding carboxylic acids is 1. The van der Waals surface area contributed by atoms with Crippen LogP contribution in [0.5, 0.6) is 5.75 Å². The second-order valence-electron chi connectivity index (χ2n) is 6.00. The maximum absolute atomic E-state index is 11.1. The third kappa shape index (κ3) is 5.16. The molecule has 4 N–H and O–H groups in total. The lowest BCUT2D eigenvalue weighted by molar-refractivity contribution is -0.129. The lowest BCUT2D eigenvalue weighted by atomic mass is 10.3. The summed E-state index contributed by atoms with van der Waals surface area (Å²) in [6, 6.07) is 7.42. The molecule has 0 unspecified atom stereocenters. The van der Waals surface area contributed by atoms with Crippen molar-refractivity contribution in [1.82, 2.24) is 25.0 Å². The van der Waals surface area contributed by atoms with Gasteiger partial charge >= 0.3 is 0 Å². The maximum atomic E-state index is 11.1. The number of aryl methyl sites for hydroxylation is 1. The molecule has 9 nitrogen and oxygen atoms in total. The third-order valence-corrected chi connectivity index (χ3v) is 4.95. The first-order valence-electron chi connectivity index (χ1n) is 8.86. The molecule has 0 spiro atoms. The molecule has 29 heavy (non-hydrogen) atoms. The van der Waals surface area contributed by atoms with Gasteiger partial charge in [-0.15, -0.1) is 12.3 Å². The van der Waals surface area contributed by atoms with Gasteiger partial charge in [-0.3, -0.25) is 10.0 Å². The van der Waals surface area contributed by atoms with Crippen molar-refractivity contribution >= 4 is 34.7 Å². The molecule has 2 heterocycles. The SMILES string of the molecule is C#CCCCn1c(Sc2cccc(OCCC(=O)NO)c2)nc2c(N)ncnc21. The Balaban J connectivity index is 1.81. The van der Waals surface area contributed by atoms with Crippen molar-refractivity contribution in [2.24, 2.45) is 0 Å².